The Morgan fingerprint density at radius 2 is 1.78 bits per heavy atom. The summed E-state index contributed by atoms with van der Waals surface area (Å²) in [7, 11) is 2.00. The minimum Gasteiger partial charge on any atom is -0.489 e. The second-order valence-electron chi connectivity index (χ2n) is 8.96. The molecule has 4 rings (SSSR count). The van der Waals surface area contributed by atoms with Gasteiger partial charge in [0, 0.05) is 69.8 Å². The Kier molecular flexibility index (Phi) is 8.47. The highest BCUT2D eigenvalue weighted by Crippen LogP contribution is 2.31. The number of carbonyl (C=O) groups is 1. The van der Waals surface area contributed by atoms with E-state index in [0.717, 1.165) is 49.3 Å². The maximum Gasteiger partial charge on any atom is 0.416 e. The van der Waals surface area contributed by atoms with Crippen LogP contribution >= 0.6 is 0 Å². The zero-order valence-corrected chi connectivity index (χ0v) is 20.6. The molecular formula is C27H30F3N5O2. The summed E-state index contributed by atoms with van der Waals surface area (Å²) in [5, 5.41) is 2.89. The number of nitrogens with zero attached hydrogens (tertiary/aromatic N) is 4. The Labute approximate surface area is 214 Å². The fraction of sp³-hybridized carbons (Fsp3) is 0.370. The number of amides is 1. The van der Waals surface area contributed by atoms with Crippen molar-refractivity contribution in [3.8, 4) is 5.75 Å². The van der Waals surface area contributed by atoms with Gasteiger partial charge in [0.05, 0.1) is 11.8 Å². The van der Waals surface area contributed by atoms with Gasteiger partial charge in [0.2, 0.25) is 0 Å². The molecule has 0 unspecified atom stereocenters. The van der Waals surface area contributed by atoms with Gasteiger partial charge in [-0.2, -0.15) is 13.2 Å². The summed E-state index contributed by atoms with van der Waals surface area (Å²) < 4.78 is 44.4. The first-order valence-corrected chi connectivity index (χ1v) is 12.2. The smallest absolute Gasteiger partial charge is 0.416 e. The van der Waals surface area contributed by atoms with E-state index in [4.69, 9.17) is 4.74 Å². The first-order valence-electron chi connectivity index (χ1n) is 12.2. The molecule has 0 aliphatic carbocycles. The van der Waals surface area contributed by atoms with Crippen molar-refractivity contribution in [3.63, 3.8) is 0 Å². The molecule has 1 fully saturated rings. The molecule has 1 saturated heterocycles. The standard InChI is InChI=1S/C27H30F3N5O2/c1-34(21-9-14-31-15-10-21)16-2-13-32-26(36)25-8-7-24(19-33-25)37-23-11-17-35(18-12-23)22-5-3-20(4-6-22)27(28,29)30/h3-10,14-15,19,23H,2,11-13,16-18H2,1H3,(H,32,36). The van der Waals surface area contributed by atoms with Gasteiger partial charge in [-0.05, 0) is 55.0 Å². The first kappa shape index (κ1) is 26.2. The van der Waals surface area contributed by atoms with Crippen LogP contribution in [0.4, 0.5) is 24.5 Å². The number of piperidine rings is 1. The molecule has 1 aliphatic rings. The topological polar surface area (TPSA) is 70.6 Å². The highest BCUT2D eigenvalue weighted by Gasteiger charge is 2.30. The molecule has 3 heterocycles. The molecule has 37 heavy (non-hydrogen) atoms. The number of benzene rings is 1. The van der Waals surface area contributed by atoms with E-state index in [-0.39, 0.29) is 12.0 Å². The number of aromatic nitrogens is 2. The summed E-state index contributed by atoms with van der Waals surface area (Å²) in [5.41, 5.74) is 1.52. The molecule has 1 aliphatic heterocycles. The van der Waals surface area contributed by atoms with Gasteiger partial charge < -0.3 is 19.9 Å². The minimum atomic E-state index is -4.33. The van der Waals surface area contributed by atoms with Crippen LogP contribution in [0.25, 0.3) is 0 Å². The maximum absolute atomic E-state index is 12.8. The molecule has 0 saturated carbocycles. The van der Waals surface area contributed by atoms with E-state index in [1.807, 2.05) is 19.2 Å². The molecule has 1 N–H and O–H groups in total. The van der Waals surface area contributed by atoms with Crippen LogP contribution in [0.3, 0.4) is 0 Å². The molecule has 1 amide bonds. The van der Waals surface area contributed by atoms with Crippen LogP contribution in [0.5, 0.6) is 5.75 Å². The normalized spacial score (nSPS) is 14.3. The SMILES string of the molecule is CN(CCCNC(=O)c1ccc(OC2CCN(c3ccc(C(F)(F)F)cc3)CC2)cn1)c1ccncc1. The fourth-order valence-electron chi connectivity index (χ4n) is 4.21. The van der Waals surface area contributed by atoms with Gasteiger partial charge >= 0.3 is 6.18 Å². The van der Waals surface area contributed by atoms with E-state index in [2.05, 4.69) is 25.1 Å². The quantitative estimate of drug-likeness (QED) is 0.415. The zero-order chi connectivity index (χ0) is 26.3. The molecule has 2 aromatic heterocycles. The number of hydrogen-bond donors (Lipinski definition) is 1. The van der Waals surface area contributed by atoms with Crippen molar-refractivity contribution >= 4 is 17.3 Å². The Morgan fingerprint density at radius 3 is 2.41 bits per heavy atom. The summed E-state index contributed by atoms with van der Waals surface area (Å²) in [6, 6.07) is 12.5. The summed E-state index contributed by atoms with van der Waals surface area (Å²) in [4.78, 5) is 24.8. The lowest BCUT2D eigenvalue weighted by Crippen LogP contribution is -2.38. The number of anilines is 2. The molecule has 1 aromatic carbocycles. The third kappa shape index (κ3) is 7.34. The number of halogens is 3. The predicted molar refractivity (Wildman–Crippen MR) is 136 cm³/mol. The van der Waals surface area contributed by atoms with E-state index in [1.165, 1.54) is 12.1 Å². The number of rotatable bonds is 9. The number of hydrogen-bond acceptors (Lipinski definition) is 6. The van der Waals surface area contributed by atoms with E-state index >= 15 is 0 Å². The lowest BCUT2D eigenvalue weighted by molar-refractivity contribution is -0.137. The fourth-order valence-corrected chi connectivity index (χ4v) is 4.21. The van der Waals surface area contributed by atoms with Crippen molar-refractivity contribution in [1.82, 2.24) is 15.3 Å². The summed E-state index contributed by atoms with van der Waals surface area (Å²) >= 11 is 0. The minimum absolute atomic E-state index is 0.0236. The number of nitrogens with one attached hydrogen (secondary N) is 1. The van der Waals surface area contributed by atoms with Crippen molar-refractivity contribution in [2.45, 2.75) is 31.5 Å². The summed E-state index contributed by atoms with van der Waals surface area (Å²) in [5.74, 6) is 0.353. The number of ether oxygens (including phenoxy) is 1. The Hall–Kier alpha value is -3.82. The van der Waals surface area contributed by atoms with Crippen LogP contribution in [-0.2, 0) is 6.18 Å². The lowest BCUT2D eigenvalue weighted by atomic mass is 10.1. The monoisotopic (exact) mass is 513 g/mol. The van der Waals surface area contributed by atoms with E-state index in [1.54, 1.807) is 30.7 Å². The highest BCUT2D eigenvalue weighted by atomic mass is 19.4. The first-order chi connectivity index (χ1) is 17.8. The lowest BCUT2D eigenvalue weighted by Gasteiger charge is -2.33. The average molecular weight is 514 g/mol. The number of carbonyl (C=O) groups excluding carboxylic acids is 1. The summed E-state index contributed by atoms with van der Waals surface area (Å²) in [6.45, 7) is 2.69. The van der Waals surface area contributed by atoms with Crippen molar-refractivity contribution in [2.24, 2.45) is 0 Å². The molecule has 0 atom stereocenters. The Balaban J connectivity index is 1.18. The van der Waals surface area contributed by atoms with Crippen molar-refractivity contribution in [1.29, 1.82) is 0 Å². The van der Waals surface area contributed by atoms with Crippen LogP contribution in [0.1, 0.15) is 35.3 Å². The molecule has 0 bridgehead atoms. The Bertz CT molecular complexity index is 1130. The average Bonchev–Trinajstić information content (AvgIpc) is 2.92. The molecule has 7 nitrogen and oxygen atoms in total. The predicted octanol–water partition coefficient (Wildman–Crippen LogP) is 4.80. The van der Waals surface area contributed by atoms with Gasteiger partial charge in [-0.1, -0.05) is 0 Å². The maximum atomic E-state index is 12.8. The number of alkyl halides is 3. The van der Waals surface area contributed by atoms with Crippen molar-refractivity contribution < 1.29 is 22.7 Å². The Morgan fingerprint density at radius 1 is 1.08 bits per heavy atom. The van der Waals surface area contributed by atoms with E-state index in [9.17, 15) is 18.0 Å². The van der Waals surface area contributed by atoms with Crippen LogP contribution in [0.15, 0.2) is 67.1 Å². The molecular weight excluding hydrogens is 483 g/mol. The van der Waals surface area contributed by atoms with E-state index in [0.29, 0.717) is 31.1 Å². The van der Waals surface area contributed by atoms with Crippen LogP contribution in [0, 0.1) is 0 Å². The van der Waals surface area contributed by atoms with Gasteiger partial charge in [0.25, 0.3) is 5.91 Å². The van der Waals surface area contributed by atoms with Crippen molar-refractivity contribution in [2.75, 3.05) is 43.0 Å². The third-order valence-corrected chi connectivity index (χ3v) is 6.33. The van der Waals surface area contributed by atoms with Gasteiger partial charge in [0.15, 0.2) is 0 Å². The summed E-state index contributed by atoms with van der Waals surface area (Å²) in [6.07, 6.45) is 2.95. The molecule has 196 valence electrons. The second-order valence-corrected chi connectivity index (χ2v) is 8.96. The van der Waals surface area contributed by atoms with Crippen molar-refractivity contribution in [3.05, 3.63) is 78.4 Å². The highest BCUT2D eigenvalue weighted by molar-refractivity contribution is 5.92. The number of pyridine rings is 2. The van der Waals surface area contributed by atoms with Gasteiger partial charge in [-0.25, -0.2) is 4.98 Å². The third-order valence-electron chi connectivity index (χ3n) is 6.33. The van der Waals surface area contributed by atoms with Crippen LogP contribution in [-0.4, -0.2) is 55.2 Å². The molecule has 0 spiro atoms. The van der Waals surface area contributed by atoms with E-state index < -0.39 is 11.7 Å². The van der Waals surface area contributed by atoms with Gasteiger partial charge in [-0.3, -0.25) is 9.78 Å². The molecule has 0 radical (unpaired) electrons. The van der Waals surface area contributed by atoms with Crippen LogP contribution in [0.2, 0.25) is 0 Å². The molecule has 3 aromatic rings. The van der Waals surface area contributed by atoms with Gasteiger partial charge in [-0.15, -0.1) is 0 Å². The van der Waals surface area contributed by atoms with Crippen LogP contribution < -0.4 is 19.9 Å². The second kappa shape index (κ2) is 11.9. The molecule has 10 heteroatoms. The largest absolute Gasteiger partial charge is 0.489 e. The zero-order valence-electron chi connectivity index (χ0n) is 20.6. The van der Waals surface area contributed by atoms with Gasteiger partial charge in [0.1, 0.15) is 17.5 Å².